The third-order valence-corrected chi connectivity index (χ3v) is 5.30. The number of hydrogen-bond donors (Lipinski definition) is 0. The summed E-state index contributed by atoms with van der Waals surface area (Å²) < 4.78 is 6.76. The lowest BCUT2D eigenvalue weighted by molar-refractivity contribution is -0.127. The minimum atomic E-state index is -0.0576. The van der Waals surface area contributed by atoms with Gasteiger partial charge in [0.25, 0.3) is 5.56 Å². The molecule has 1 aliphatic heterocycles. The highest BCUT2D eigenvalue weighted by Gasteiger charge is 2.19. The van der Waals surface area contributed by atoms with Crippen molar-refractivity contribution in [3.63, 3.8) is 0 Å². The maximum Gasteiger partial charge on any atom is 0.262 e. The van der Waals surface area contributed by atoms with Gasteiger partial charge in [-0.2, -0.15) is 0 Å². The fourth-order valence-electron chi connectivity index (χ4n) is 3.01. The zero-order valence-corrected chi connectivity index (χ0v) is 15.3. The van der Waals surface area contributed by atoms with E-state index in [1.165, 1.54) is 11.8 Å². The Morgan fingerprint density at radius 1 is 1.28 bits per heavy atom. The molecule has 0 atom stereocenters. The zero-order chi connectivity index (χ0) is 17.6. The Kier molecular flexibility index (Phi) is 6.09. The minimum Gasteiger partial charge on any atom is -0.385 e. The first-order valence-electron chi connectivity index (χ1n) is 8.60. The molecule has 1 aliphatic rings. The van der Waals surface area contributed by atoms with Gasteiger partial charge >= 0.3 is 0 Å². The van der Waals surface area contributed by atoms with Crippen molar-refractivity contribution in [2.75, 3.05) is 32.6 Å². The molecule has 25 heavy (non-hydrogen) atoms. The number of carbonyl (C=O) groups excluding carboxylic acids is 1. The summed E-state index contributed by atoms with van der Waals surface area (Å²) >= 11 is 1.35. The number of fused-ring (bicyclic) bond motifs is 1. The lowest BCUT2D eigenvalue weighted by Crippen LogP contribution is -2.30. The highest BCUT2D eigenvalue weighted by molar-refractivity contribution is 7.99. The van der Waals surface area contributed by atoms with Crippen molar-refractivity contribution >= 4 is 28.6 Å². The Morgan fingerprint density at radius 2 is 2.04 bits per heavy atom. The molecule has 0 spiro atoms. The highest BCUT2D eigenvalue weighted by atomic mass is 32.2. The Balaban J connectivity index is 1.84. The molecule has 0 N–H and O–H groups in total. The normalized spacial score (nSPS) is 14.4. The van der Waals surface area contributed by atoms with Crippen molar-refractivity contribution in [3.05, 3.63) is 34.6 Å². The van der Waals surface area contributed by atoms with Crippen LogP contribution in [-0.4, -0.2) is 52.9 Å². The topological polar surface area (TPSA) is 64.4 Å². The Morgan fingerprint density at radius 3 is 2.80 bits per heavy atom. The molecule has 1 aromatic heterocycles. The number of amides is 1. The number of rotatable bonds is 7. The summed E-state index contributed by atoms with van der Waals surface area (Å²) in [5.74, 6) is 0.433. The van der Waals surface area contributed by atoms with Crippen LogP contribution in [0.5, 0.6) is 0 Å². The van der Waals surface area contributed by atoms with E-state index in [1.54, 1.807) is 17.7 Å². The summed E-state index contributed by atoms with van der Waals surface area (Å²) in [5, 5.41) is 1.21. The first-order valence-corrected chi connectivity index (χ1v) is 9.58. The maximum atomic E-state index is 12.8. The van der Waals surface area contributed by atoms with Crippen LogP contribution in [0.4, 0.5) is 0 Å². The molecule has 3 rings (SSSR count). The number of methoxy groups -OCH3 is 1. The number of ether oxygens (including phenoxy) is 1. The Hall–Kier alpha value is -1.86. The van der Waals surface area contributed by atoms with Gasteiger partial charge in [-0.05, 0) is 31.4 Å². The van der Waals surface area contributed by atoms with E-state index in [9.17, 15) is 9.59 Å². The third kappa shape index (κ3) is 4.22. The molecule has 0 unspecified atom stereocenters. The largest absolute Gasteiger partial charge is 0.385 e. The van der Waals surface area contributed by atoms with Crippen LogP contribution in [0.3, 0.4) is 0 Å². The van der Waals surface area contributed by atoms with Crippen molar-refractivity contribution in [1.29, 1.82) is 0 Å². The van der Waals surface area contributed by atoms with E-state index in [0.717, 1.165) is 32.4 Å². The number of hydrogen-bond acceptors (Lipinski definition) is 5. The van der Waals surface area contributed by atoms with Crippen molar-refractivity contribution in [1.82, 2.24) is 14.5 Å². The average Bonchev–Trinajstić information content (AvgIpc) is 3.17. The van der Waals surface area contributed by atoms with E-state index in [1.807, 2.05) is 23.1 Å². The van der Waals surface area contributed by atoms with Crippen molar-refractivity contribution in [2.24, 2.45) is 0 Å². The maximum absolute atomic E-state index is 12.8. The molecule has 2 aromatic rings. The SMILES string of the molecule is COCCCn1c(SCC(=O)N2CCCC2)nc2ccccc2c1=O. The van der Waals surface area contributed by atoms with E-state index in [-0.39, 0.29) is 11.5 Å². The predicted molar refractivity (Wildman–Crippen MR) is 99.0 cm³/mol. The van der Waals surface area contributed by atoms with Crippen LogP contribution in [0.15, 0.2) is 34.2 Å². The van der Waals surface area contributed by atoms with Gasteiger partial charge in [0.2, 0.25) is 5.91 Å². The monoisotopic (exact) mass is 361 g/mol. The van der Waals surface area contributed by atoms with Gasteiger partial charge in [-0.15, -0.1) is 0 Å². The summed E-state index contributed by atoms with van der Waals surface area (Å²) in [4.78, 5) is 31.6. The van der Waals surface area contributed by atoms with Crippen LogP contribution in [0.25, 0.3) is 10.9 Å². The molecule has 6 nitrogen and oxygen atoms in total. The Bertz CT molecular complexity index is 800. The second-order valence-corrected chi connectivity index (χ2v) is 7.03. The van der Waals surface area contributed by atoms with E-state index >= 15 is 0 Å². The lowest BCUT2D eigenvalue weighted by Gasteiger charge is -2.16. The van der Waals surface area contributed by atoms with E-state index in [2.05, 4.69) is 4.98 Å². The molecule has 134 valence electrons. The van der Waals surface area contributed by atoms with Gasteiger partial charge < -0.3 is 9.64 Å². The number of benzene rings is 1. The van der Waals surface area contributed by atoms with Gasteiger partial charge in [-0.3, -0.25) is 14.2 Å². The number of thioether (sulfide) groups is 1. The van der Waals surface area contributed by atoms with Crippen LogP contribution >= 0.6 is 11.8 Å². The van der Waals surface area contributed by atoms with E-state index in [4.69, 9.17) is 4.74 Å². The van der Waals surface area contributed by atoms with Crippen molar-refractivity contribution < 1.29 is 9.53 Å². The molecule has 1 aromatic carbocycles. The average molecular weight is 361 g/mol. The molecule has 2 heterocycles. The van der Waals surface area contributed by atoms with Gasteiger partial charge in [0.1, 0.15) is 0 Å². The molecule has 1 amide bonds. The number of nitrogens with zero attached hydrogens (tertiary/aromatic N) is 3. The number of likely N-dealkylation sites (tertiary alicyclic amines) is 1. The van der Waals surface area contributed by atoms with Gasteiger partial charge in [0.15, 0.2) is 5.16 Å². The highest BCUT2D eigenvalue weighted by Crippen LogP contribution is 2.19. The van der Waals surface area contributed by atoms with E-state index < -0.39 is 0 Å². The molecule has 0 saturated carbocycles. The summed E-state index contributed by atoms with van der Waals surface area (Å²) in [6.45, 7) is 2.79. The van der Waals surface area contributed by atoms with Gasteiger partial charge in [0.05, 0.1) is 16.7 Å². The Labute approximate surface area is 151 Å². The van der Waals surface area contributed by atoms with Crippen LogP contribution < -0.4 is 5.56 Å². The lowest BCUT2D eigenvalue weighted by atomic mass is 10.2. The number of carbonyl (C=O) groups is 1. The zero-order valence-electron chi connectivity index (χ0n) is 14.4. The molecule has 7 heteroatoms. The molecular formula is C18H23N3O3S. The summed E-state index contributed by atoms with van der Waals surface area (Å²) in [7, 11) is 1.64. The van der Waals surface area contributed by atoms with Crippen LogP contribution in [0, 0.1) is 0 Å². The quantitative estimate of drug-likeness (QED) is 0.429. The van der Waals surface area contributed by atoms with Gasteiger partial charge in [-0.25, -0.2) is 4.98 Å². The predicted octanol–water partition coefficient (Wildman–Crippen LogP) is 2.15. The van der Waals surface area contributed by atoms with Crippen molar-refractivity contribution in [2.45, 2.75) is 31.0 Å². The second-order valence-electron chi connectivity index (χ2n) is 6.09. The third-order valence-electron chi connectivity index (χ3n) is 4.34. The van der Waals surface area contributed by atoms with Gasteiger partial charge in [-0.1, -0.05) is 23.9 Å². The minimum absolute atomic E-state index is 0.0576. The summed E-state index contributed by atoms with van der Waals surface area (Å²) in [6, 6.07) is 7.34. The van der Waals surface area contributed by atoms with E-state index in [0.29, 0.717) is 35.0 Å². The van der Waals surface area contributed by atoms with Crippen LogP contribution in [0.2, 0.25) is 0 Å². The fourth-order valence-corrected chi connectivity index (χ4v) is 3.93. The van der Waals surface area contributed by atoms with Gasteiger partial charge in [0, 0.05) is 33.4 Å². The molecule has 0 radical (unpaired) electrons. The second kappa shape index (κ2) is 8.49. The molecule has 1 saturated heterocycles. The fraction of sp³-hybridized carbons (Fsp3) is 0.500. The molecule has 0 bridgehead atoms. The molecular weight excluding hydrogens is 338 g/mol. The first-order chi connectivity index (χ1) is 12.2. The number of aromatic nitrogens is 2. The molecule has 0 aliphatic carbocycles. The summed E-state index contributed by atoms with van der Waals surface area (Å²) in [6.07, 6.45) is 2.88. The molecule has 1 fully saturated rings. The smallest absolute Gasteiger partial charge is 0.262 e. The first kappa shape index (κ1) is 17.9. The summed E-state index contributed by atoms with van der Waals surface area (Å²) in [5.41, 5.74) is 0.615. The van der Waals surface area contributed by atoms with Crippen molar-refractivity contribution in [3.8, 4) is 0 Å². The number of para-hydroxylation sites is 1. The standard InChI is InChI=1S/C18H23N3O3S/c1-24-12-6-11-21-17(23)14-7-2-3-8-15(14)19-18(21)25-13-16(22)20-9-4-5-10-20/h2-3,7-8H,4-6,9-13H2,1H3. The van der Waals surface area contributed by atoms with Crippen LogP contribution in [-0.2, 0) is 16.1 Å². The van der Waals surface area contributed by atoms with Crippen LogP contribution in [0.1, 0.15) is 19.3 Å².